The van der Waals surface area contributed by atoms with Crippen LogP contribution < -0.4 is 5.73 Å². The van der Waals surface area contributed by atoms with Gasteiger partial charge in [-0.2, -0.15) is 0 Å². The lowest BCUT2D eigenvalue weighted by atomic mass is 10.00. The van der Waals surface area contributed by atoms with Gasteiger partial charge in [0.1, 0.15) is 0 Å². The summed E-state index contributed by atoms with van der Waals surface area (Å²) in [6.45, 7) is 2.28. The average Bonchev–Trinajstić information content (AvgIpc) is 2.49. The molecule has 0 amide bonds. The van der Waals surface area contributed by atoms with Gasteiger partial charge in [-0.25, -0.2) is 0 Å². The molecule has 120 valence electrons. The highest BCUT2D eigenvalue weighted by Gasteiger charge is 2.05. The van der Waals surface area contributed by atoms with Crippen molar-refractivity contribution in [2.24, 2.45) is 5.73 Å². The number of rotatable bonds is 12. The zero-order valence-corrected chi connectivity index (χ0v) is 15.8. The van der Waals surface area contributed by atoms with Crippen LogP contribution in [0.3, 0.4) is 0 Å². The average molecular weight is 401 g/mol. The Morgan fingerprint density at radius 2 is 1.48 bits per heavy atom. The van der Waals surface area contributed by atoms with E-state index in [0.29, 0.717) is 0 Å². The fraction of sp³-hybridized carbons (Fsp3) is 0.684. The van der Waals surface area contributed by atoms with Gasteiger partial charge in [0.15, 0.2) is 0 Å². The predicted molar refractivity (Wildman–Crippen MR) is 103 cm³/mol. The Kier molecular flexibility index (Phi) is 11.2. The molecule has 0 aromatic heterocycles. The predicted octanol–water partition coefficient (Wildman–Crippen LogP) is 6.60. The topological polar surface area (TPSA) is 26.0 Å². The molecule has 1 unspecified atom stereocenters. The molecule has 0 heterocycles. The van der Waals surface area contributed by atoms with Gasteiger partial charge >= 0.3 is 0 Å². The monoisotopic (exact) mass is 401 g/mol. The summed E-state index contributed by atoms with van der Waals surface area (Å²) in [4.78, 5) is 0. The first-order valence-corrected chi connectivity index (χ1v) is 9.83. The van der Waals surface area contributed by atoms with E-state index in [4.69, 9.17) is 5.73 Å². The van der Waals surface area contributed by atoms with Crippen LogP contribution in [-0.4, -0.2) is 0 Å². The van der Waals surface area contributed by atoms with E-state index in [0.717, 1.165) is 6.42 Å². The van der Waals surface area contributed by atoms with Crippen molar-refractivity contribution in [2.75, 3.05) is 0 Å². The largest absolute Gasteiger partial charge is 0.324 e. The second-order valence-electron chi connectivity index (χ2n) is 6.13. The lowest BCUT2D eigenvalue weighted by Gasteiger charge is -2.12. The number of nitrogens with two attached hydrogens (primary N) is 1. The maximum absolute atomic E-state index is 6.27. The molecule has 0 aliphatic carbocycles. The van der Waals surface area contributed by atoms with Crippen molar-refractivity contribution >= 4 is 22.6 Å². The molecule has 0 saturated carbocycles. The third-order valence-corrected chi connectivity index (χ3v) is 4.82. The van der Waals surface area contributed by atoms with Crippen molar-refractivity contribution in [3.05, 3.63) is 33.4 Å². The molecule has 2 N–H and O–H groups in total. The smallest absolute Gasteiger partial charge is 0.0295 e. The maximum Gasteiger partial charge on any atom is 0.0295 e. The quantitative estimate of drug-likeness (QED) is 0.310. The second kappa shape index (κ2) is 12.5. The van der Waals surface area contributed by atoms with Crippen LogP contribution in [0.5, 0.6) is 0 Å². The molecule has 0 fully saturated rings. The van der Waals surface area contributed by atoms with Gasteiger partial charge in [0.25, 0.3) is 0 Å². The highest BCUT2D eigenvalue weighted by Crippen LogP contribution is 2.20. The number of unbranched alkanes of at least 4 members (excludes halogenated alkanes) is 9. The second-order valence-corrected chi connectivity index (χ2v) is 7.38. The Morgan fingerprint density at radius 3 is 2.05 bits per heavy atom. The van der Waals surface area contributed by atoms with Gasteiger partial charge in [0.2, 0.25) is 0 Å². The molecule has 0 aliphatic heterocycles. The summed E-state index contributed by atoms with van der Waals surface area (Å²) in [5.41, 5.74) is 7.56. The number of hydrogen-bond donors (Lipinski definition) is 1. The van der Waals surface area contributed by atoms with E-state index < -0.39 is 0 Å². The molecule has 2 heteroatoms. The molecule has 1 aromatic carbocycles. The van der Waals surface area contributed by atoms with E-state index in [1.807, 2.05) is 0 Å². The third kappa shape index (κ3) is 9.51. The Morgan fingerprint density at radius 1 is 0.905 bits per heavy atom. The Hall–Kier alpha value is -0.0900. The van der Waals surface area contributed by atoms with Crippen molar-refractivity contribution in [3.63, 3.8) is 0 Å². The Labute approximate surface area is 145 Å². The van der Waals surface area contributed by atoms with Crippen molar-refractivity contribution in [3.8, 4) is 0 Å². The first-order valence-electron chi connectivity index (χ1n) is 8.75. The molecule has 1 atom stereocenters. The molecule has 0 aliphatic rings. The SMILES string of the molecule is CCCCCCCCCCCCC(N)c1cccc(I)c1. The summed E-state index contributed by atoms with van der Waals surface area (Å²) in [6.07, 6.45) is 15.0. The Balaban J connectivity index is 1.96. The first-order chi connectivity index (χ1) is 10.2. The van der Waals surface area contributed by atoms with Crippen LogP contribution >= 0.6 is 22.6 Å². The van der Waals surface area contributed by atoms with Gasteiger partial charge in [-0.3, -0.25) is 0 Å². The molecule has 1 aromatic rings. The van der Waals surface area contributed by atoms with Crippen molar-refractivity contribution in [1.29, 1.82) is 0 Å². The number of benzene rings is 1. The van der Waals surface area contributed by atoms with Gasteiger partial charge in [0.05, 0.1) is 0 Å². The summed E-state index contributed by atoms with van der Waals surface area (Å²) >= 11 is 2.36. The van der Waals surface area contributed by atoms with Gasteiger partial charge in [-0.1, -0.05) is 83.3 Å². The van der Waals surface area contributed by atoms with E-state index in [1.54, 1.807) is 0 Å². The van der Waals surface area contributed by atoms with E-state index in [9.17, 15) is 0 Å². The van der Waals surface area contributed by atoms with Gasteiger partial charge in [-0.05, 0) is 46.7 Å². The van der Waals surface area contributed by atoms with E-state index in [2.05, 4.69) is 53.8 Å². The zero-order chi connectivity index (χ0) is 15.3. The first kappa shape index (κ1) is 19.0. The molecule has 0 bridgehead atoms. The summed E-state index contributed by atoms with van der Waals surface area (Å²) in [6, 6.07) is 8.81. The zero-order valence-electron chi connectivity index (χ0n) is 13.6. The molecule has 21 heavy (non-hydrogen) atoms. The maximum atomic E-state index is 6.27. The van der Waals surface area contributed by atoms with Crippen LogP contribution in [0.15, 0.2) is 24.3 Å². The molecular weight excluding hydrogens is 369 g/mol. The van der Waals surface area contributed by atoms with Crippen LogP contribution in [0.4, 0.5) is 0 Å². The highest BCUT2D eigenvalue weighted by atomic mass is 127. The van der Waals surface area contributed by atoms with Crippen molar-refractivity contribution < 1.29 is 0 Å². The summed E-state index contributed by atoms with van der Waals surface area (Å²) in [5.74, 6) is 0. The number of halogens is 1. The van der Waals surface area contributed by atoms with Crippen LogP contribution in [0.1, 0.15) is 89.2 Å². The van der Waals surface area contributed by atoms with Crippen LogP contribution in [-0.2, 0) is 0 Å². The Bertz CT molecular complexity index is 364. The minimum Gasteiger partial charge on any atom is -0.324 e. The van der Waals surface area contributed by atoms with Crippen LogP contribution in [0.25, 0.3) is 0 Å². The summed E-state index contributed by atoms with van der Waals surface area (Å²) < 4.78 is 1.28. The van der Waals surface area contributed by atoms with Crippen LogP contribution in [0.2, 0.25) is 0 Å². The fourth-order valence-corrected chi connectivity index (χ4v) is 3.32. The standard InChI is InChI=1S/C19H32IN/c1-2-3-4-5-6-7-8-9-10-11-15-19(21)17-13-12-14-18(20)16-17/h12-14,16,19H,2-11,15,21H2,1H3. The molecule has 0 saturated heterocycles. The van der Waals surface area contributed by atoms with E-state index >= 15 is 0 Å². The van der Waals surface area contributed by atoms with Crippen molar-refractivity contribution in [2.45, 2.75) is 83.6 Å². The number of hydrogen-bond acceptors (Lipinski definition) is 1. The lowest BCUT2D eigenvalue weighted by Crippen LogP contribution is -2.10. The summed E-state index contributed by atoms with van der Waals surface area (Å²) in [7, 11) is 0. The molecule has 0 radical (unpaired) electrons. The summed E-state index contributed by atoms with van der Waals surface area (Å²) in [5, 5.41) is 0. The molecule has 1 rings (SSSR count). The third-order valence-electron chi connectivity index (χ3n) is 4.15. The van der Waals surface area contributed by atoms with E-state index in [1.165, 1.54) is 73.3 Å². The van der Waals surface area contributed by atoms with Crippen molar-refractivity contribution in [1.82, 2.24) is 0 Å². The lowest BCUT2D eigenvalue weighted by molar-refractivity contribution is 0.529. The minimum atomic E-state index is 0.216. The fourth-order valence-electron chi connectivity index (χ4n) is 2.76. The minimum absolute atomic E-state index is 0.216. The normalized spacial score (nSPS) is 12.5. The van der Waals surface area contributed by atoms with E-state index in [-0.39, 0.29) is 6.04 Å². The molecular formula is C19H32IN. The molecule has 0 spiro atoms. The van der Waals surface area contributed by atoms with Gasteiger partial charge in [-0.15, -0.1) is 0 Å². The van der Waals surface area contributed by atoms with Gasteiger partial charge < -0.3 is 5.73 Å². The highest BCUT2D eigenvalue weighted by molar-refractivity contribution is 14.1. The van der Waals surface area contributed by atoms with Gasteiger partial charge in [0, 0.05) is 9.61 Å². The van der Waals surface area contributed by atoms with Crippen LogP contribution in [0, 0.1) is 3.57 Å². The molecule has 1 nitrogen and oxygen atoms in total.